The predicted molar refractivity (Wildman–Crippen MR) is 110 cm³/mol. The molecule has 26 heavy (non-hydrogen) atoms. The number of hydrogen-bond acceptors (Lipinski definition) is 3. The van der Waals surface area contributed by atoms with Gasteiger partial charge in [0.1, 0.15) is 0 Å². The van der Waals surface area contributed by atoms with Gasteiger partial charge in [0, 0.05) is 6.61 Å². The maximum atomic E-state index is 10.1. The molecular weight excluding hydrogens is 324 g/mol. The van der Waals surface area contributed by atoms with Crippen molar-refractivity contribution in [1.82, 2.24) is 0 Å². The number of unbranched alkanes of at least 4 members (excludes halogenated alkanes) is 4. The second kappa shape index (κ2) is 14.7. The van der Waals surface area contributed by atoms with Crippen LogP contribution in [0.15, 0.2) is 42.5 Å². The fourth-order valence-electron chi connectivity index (χ4n) is 2.86. The number of allylic oxidation sites excluding steroid dienone is 1. The summed E-state index contributed by atoms with van der Waals surface area (Å²) in [4.78, 5) is 0. The normalized spacial score (nSPS) is 14.3. The molecular formula is C23H36O3. The van der Waals surface area contributed by atoms with Crippen LogP contribution in [0.3, 0.4) is 0 Å². The summed E-state index contributed by atoms with van der Waals surface area (Å²) in [6.45, 7) is 2.38. The molecule has 1 rings (SSSR count). The van der Waals surface area contributed by atoms with Gasteiger partial charge in [-0.3, -0.25) is 0 Å². The Morgan fingerprint density at radius 1 is 1.04 bits per heavy atom. The Morgan fingerprint density at radius 3 is 2.65 bits per heavy atom. The number of hydrogen-bond donors (Lipinski definition) is 3. The largest absolute Gasteiger partial charge is 0.396 e. The fraction of sp³-hybridized carbons (Fsp3) is 0.565. The zero-order valence-electron chi connectivity index (χ0n) is 16.2. The molecule has 0 aliphatic carbocycles. The summed E-state index contributed by atoms with van der Waals surface area (Å²) in [5.74, 6) is 0. The van der Waals surface area contributed by atoms with Crippen molar-refractivity contribution in [1.29, 1.82) is 0 Å². The smallest absolute Gasteiger partial charge is 0.0758 e. The summed E-state index contributed by atoms with van der Waals surface area (Å²) in [5.41, 5.74) is 2.13. The molecule has 0 heterocycles. The van der Waals surface area contributed by atoms with Crippen LogP contribution in [0.25, 0.3) is 6.08 Å². The SMILES string of the molecule is CCCCC/C=C\CC(O)/C=C/c1cccc(CC(O)CCCCO)c1. The van der Waals surface area contributed by atoms with E-state index in [1.807, 2.05) is 30.4 Å². The molecule has 0 saturated heterocycles. The Bertz CT molecular complexity index is 522. The van der Waals surface area contributed by atoms with Crippen LogP contribution in [0, 0.1) is 0 Å². The first-order chi connectivity index (χ1) is 12.7. The highest BCUT2D eigenvalue weighted by Gasteiger charge is 2.05. The summed E-state index contributed by atoms with van der Waals surface area (Å²) in [5, 5.41) is 28.9. The molecule has 2 atom stereocenters. The second-order valence-electron chi connectivity index (χ2n) is 6.95. The van der Waals surface area contributed by atoms with Gasteiger partial charge < -0.3 is 15.3 Å². The Kier molecular flexibility index (Phi) is 12.8. The monoisotopic (exact) mass is 360 g/mol. The minimum atomic E-state index is -0.467. The lowest BCUT2D eigenvalue weighted by Gasteiger charge is -2.10. The molecule has 0 bridgehead atoms. The fourth-order valence-corrected chi connectivity index (χ4v) is 2.86. The van der Waals surface area contributed by atoms with Gasteiger partial charge in [-0.2, -0.15) is 0 Å². The standard InChI is InChI=1S/C23H36O3/c1-2-3-4-5-6-7-13-22(25)16-15-20-11-10-12-21(18-20)19-23(26)14-8-9-17-24/h6-7,10-12,15-16,18,22-26H,2-5,8-9,13-14,17,19H2,1H3/b7-6-,16-15+. The summed E-state index contributed by atoms with van der Waals surface area (Å²) in [7, 11) is 0. The lowest BCUT2D eigenvalue weighted by molar-refractivity contribution is 0.157. The van der Waals surface area contributed by atoms with E-state index in [2.05, 4.69) is 25.1 Å². The van der Waals surface area contributed by atoms with E-state index in [9.17, 15) is 10.2 Å². The maximum absolute atomic E-state index is 10.1. The molecule has 0 aliphatic heterocycles. The van der Waals surface area contributed by atoms with Gasteiger partial charge >= 0.3 is 0 Å². The summed E-state index contributed by atoms with van der Waals surface area (Å²) >= 11 is 0. The van der Waals surface area contributed by atoms with Crippen molar-refractivity contribution in [3.8, 4) is 0 Å². The van der Waals surface area contributed by atoms with Crippen molar-refractivity contribution < 1.29 is 15.3 Å². The van der Waals surface area contributed by atoms with Crippen molar-refractivity contribution in [2.45, 2.75) is 76.9 Å². The van der Waals surface area contributed by atoms with Crippen LogP contribution in [-0.2, 0) is 6.42 Å². The van der Waals surface area contributed by atoms with E-state index in [-0.39, 0.29) is 12.7 Å². The lowest BCUT2D eigenvalue weighted by Crippen LogP contribution is -2.10. The van der Waals surface area contributed by atoms with Crippen LogP contribution >= 0.6 is 0 Å². The lowest BCUT2D eigenvalue weighted by atomic mass is 10.0. The van der Waals surface area contributed by atoms with Gasteiger partial charge in [-0.1, -0.05) is 68.3 Å². The average Bonchev–Trinajstić information content (AvgIpc) is 2.63. The molecule has 2 unspecified atom stereocenters. The number of rotatable bonds is 14. The van der Waals surface area contributed by atoms with Crippen LogP contribution in [0.2, 0.25) is 0 Å². The van der Waals surface area contributed by atoms with E-state index >= 15 is 0 Å². The first kappa shape index (κ1) is 22.6. The number of aliphatic hydroxyl groups is 3. The van der Waals surface area contributed by atoms with E-state index in [1.165, 1.54) is 19.3 Å². The highest BCUT2D eigenvalue weighted by Crippen LogP contribution is 2.13. The number of benzene rings is 1. The highest BCUT2D eigenvalue weighted by atomic mass is 16.3. The average molecular weight is 361 g/mol. The quantitative estimate of drug-likeness (QED) is 0.334. The maximum Gasteiger partial charge on any atom is 0.0758 e. The third kappa shape index (κ3) is 11.2. The Morgan fingerprint density at radius 2 is 1.88 bits per heavy atom. The molecule has 0 fully saturated rings. The van der Waals surface area contributed by atoms with Crippen LogP contribution in [0.5, 0.6) is 0 Å². The van der Waals surface area contributed by atoms with E-state index in [0.29, 0.717) is 19.3 Å². The molecule has 1 aromatic rings. The molecule has 3 nitrogen and oxygen atoms in total. The van der Waals surface area contributed by atoms with Crippen LogP contribution in [0.4, 0.5) is 0 Å². The van der Waals surface area contributed by atoms with E-state index < -0.39 is 6.10 Å². The van der Waals surface area contributed by atoms with Gasteiger partial charge in [-0.25, -0.2) is 0 Å². The second-order valence-corrected chi connectivity index (χ2v) is 6.95. The molecule has 0 aliphatic rings. The molecule has 0 amide bonds. The van der Waals surface area contributed by atoms with Crippen LogP contribution in [-0.4, -0.2) is 34.1 Å². The molecule has 1 aromatic carbocycles. The first-order valence-corrected chi connectivity index (χ1v) is 10.0. The highest BCUT2D eigenvalue weighted by molar-refractivity contribution is 5.51. The van der Waals surface area contributed by atoms with Gasteiger partial charge in [-0.15, -0.1) is 0 Å². The molecule has 0 spiro atoms. The molecule has 3 N–H and O–H groups in total. The van der Waals surface area contributed by atoms with Gasteiger partial charge in [0.05, 0.1) is 12.2 Å². The summed E-state index contributed by atoms with van der Waals surface area (Å²) in [6.07, 6.45) is 15.5. The van der Waals surface area contributed by atoms with Crippen molar-refractivity contribution in [2.75, 3.05) is 6.61 Å². The molecule has 0 radical (unpaired) electrons. The molecule has 146 valence electrons. The third-order valence-electron chi connectivity index (χ3n) is 4.40. The Labute approximate surface area is 159 Å². The van der Waals surface area contributed by atoms with Gasteiger partial charge in [0.2, 0.25) is 0 Å². The number of aliphatic hydroxyl groups excluding tert-OH is 3. The van der Waals surface area contributed by atoms with Crippen molar-refractivity contribution >= 4 is 6.08 Å². The zero-order chi connectivity index (χ0) is 19.0. The van der Waals surface area contributed by atoms with Crippen LogP contribution in [0.1, 0.15) is 69.4 Å². The summed E-state index contributed by atoms with van der Waals surface area (Å²) in [6, 6.07) is 8.06. The minimum Gasteiger partial charge on any atom is -0.396 e. The van der Waals surface area contributed by atoms with Crippen LogP contribution < -0.4 is 0 Å². The Balaban J connectivity index is 2.40. The molecule has 0 aromatic heterocycles. The first-order valence-electron chi connectivity index (χ1n) is 10.0. The molecule has 3 heteroatoms. The van der Waals surface area contributed by atoms with Gasteiger partial charge in [-0.05, 0) is 56.1 Å². The van der Waals surface area contributed by atoms with E-state index in [4.69, 9.17) is 5.11 Å². The van der Waals surface area contributed by atoms with Crippen molar-refractivity contribution in [3.05, 3.63) is 53.6 Å². The van der Waals surface area contributed by atoms with Gasteiger partial charge in [0.15, 0.2) is 0 Å². The van der Waals surface area contributed by atoms with E-state index in [0.717, 1.165) is 30.4 Å². The zero-order valence-corrected chi connectivity index (χ0v) is 16.2. The Hall–Kier alpha value is -1.42. The van der Waals surface area contributed by atoms with Crippen molar-refractivity contribution in [3.63, 3.8) is 0 Å². The predicted octanol–water partition coefficient (Wildman–Crippen LogP) is 4.65. The summed E-state index contributed by atoms with van der Waals surface area (Å²) < 4.78 is 0. The van der Waals surface area contributed by atoms with Crippen molar-refractivity contribution in [2.24, 2.45) is 0 Å². The molecule has 0 saturated carbocycles. The minimum absolute atomic E-state index is 0.184. The third-order valence-corrected chi connectivity index (χ3v) is 4.40. The van der Waals surface area contributed by atoms with E-state index in [1.54, 1.807) is 0 Å². The topological polar surface area (TPSA) is 60.7 Å². The van der Waals surface area contributed by atoms with Gasteiger partial charge in [0.25, 0.3) is 0 Å².